The van der Waals surface area contributed by atoms with E-state index in [4.69, 9.17) is 4.74 Å². The van der Waals surface area contributed by atoms with Gasteiger partial charge in [-0.3, -0.25) is 9.36 Å². The monoisotopic (exact) mass is 477 g/mol. The van der Waals surface area contributed by atoms with Crippen molar-refractivity contribution in [1.29, 1.82) is 0 Å². The molecule has 0 radical (unpaired) electrons. The fourth-order valence-electron chi connectivity index (χ4n) is 4.85. The molecular weight excluding hydrogens is 446 g/mol. The zero-order valence-corrected chi connectivity index (χ0v) is 20.6. The summed E-state index contributed by atoms with van der Waals surface area (Å²) in [6, 6.07) is 17.0. The fourth-order valence-corrected chi connectivity index (χ4v) is 5.72. The second-order valence-electron chi connectivity index (χ2n) is 8.96. The lowest BCUT2D eigenvalue weighted by Gasteiger charge is -2.33. The van der Waals surface area contributed by atoms with Crippen molar-refractivity contribution in [3.8, 4) is 5.69 Å². The number of carbonyl (C=O) groups excluding carboxylic acids is 1. The number of fused-ring (bicyclic) bond motifs is 1. The van der Waals surface area contributed by atoms with E-state index in [9.17, 15) is 4.79 Å². The van der Waals surface area contributed by atoms with E-state index in [1.54, 1.807) is 0 Å². The Morgan fingerprint density at radius 2 is 1.97 bits per heavy atom. The molecule has 0 bridgehead atoms. The summed E-state index contributed by atoms with van der Waals surface area (Å²) in [7, 11) is 1.93. The number of carbonyl (C=O) groups is 1. The van der Waals surface area contributed by atoms with Crippen molar-refractivity contribution < 1.29 is 9.53 Å². The standard InChI is InChI=1S/C26H31N5O2S/c1-19-7-5-10-21(17-19)31-25(30-13-15-33-16-14-30)27-28-26(31)34-18-24(32)29(2)23-12-6-9-20-8-3-4-11-22(20)23/h3-5,7-8,10-11,17,23H,6,9,12-16,18H2,1-2H3/t23-/m0/s1. The molecule has 178 valence electrons. The molecule has 1 aromatic heterocycles. The molecule has 1 amide bonds. The molecule has 1 saturated heterocycles. The van der Waals surface area contributed by atoms with Crippen molar-refractivity contribution in [2.24, 2.45) is 0 Å². The summed E-state index contributed by atoms with van der Waals surface area (Å²) in [4.78, 5) is 17.4. The fraction of sp³-hybridized carbons (Fsp3) is 0.423. The van der Waals surface area contributed by atoms with Gasteiger partial charge in [-0.1, -0.05) is 48.2 Å². The van der Waals surface area contributed by atoms with Crippen molar-refractivity contribution in [3.63, 3.8) is 0 Å². The largest absolute Gasteiger partial charge is 0.378 e. The average molecular weight is 478 g/mol. The Hall–Kier alpha value is -2.84. The van der Waals surface area contributed by atoms with Crippen molar-refractivity contribution >= 4 is 23.6 Å². The summed E-state index contributed by atoms with van der Waals surface area (Å²) in [5.41, 5.74) is 4.82. The Kier molecular flexibility index (Phi) is 6.87. The summed E-state index contributed by atoms with van der Waals surface area (Å²) in [6.07, 6.45) is 3.20. The van der Waals surface area contributed by atoms with Crippen molar-refractivity contribution in [2.75, 3.05) is 44.0 Å². The van der Waals surface area contributed by atoms with Gasteiger partial charge < -0.3 is 14.5 Å². The second kappa shape index (κ2) is 10.2. The smallest absolute Gasteiger partial charge is 0.233 e. The number of thioether (sulfide) groups is 1. The van der Waals surface area contributed by atoms with Crippen LogP contribution in [-0.2, 0) is 16.0 Å². The minimum absolute atomic E-state index is 0.110. The van der Waals surface area contributed by atoms with Crippen LogP contribution in [0.5, 0.6) is 0 Å². The van der Waals surface area contributed by atoms with Gasteiger partial charge in [0.05, 0.1) is 30.7 Å². The first-order valence-electron chi connectivity index (χ1n) is 11.9. The van der Waals surface area contributed by atoms with E-state index >= 15 is 0 Å². The third-order valence-electron chi connectivity index (χ3n) is 6.69. The van der Waals surface area contributed by atoms with E-state index in [2.05, 4.69) is 69.1 Å². The Balaban J connectivity index is 1.36. The number of aromatic nitrogens is 3. The minimum atomic E-state index is 0.110. The molecule has 34 heavy (non-hydrogen) atoms. The van der Waals surface area contributed by atoms with Gasteiger partial charge >= 0.3 is 0 Å². The lowest BCUT2D eigenvalue weighted by molar-refractivity contribution is -0.129. The first kappa shape index (κ1) is 22.9. The van der Waals surface area contributed by atoms with E-state index in [-0.39, 0.29) is 11.9 Å². The zero-order valence-electron chi connectivity index (χ0n) is 19.8. The molecule has 1 aliphatic heterocycles. The Morgan fingerprint density at radius 1 is 1.15 bits per heavy atom. The summed E-state index contributed by atoms with van der Waals surface area (Å²) < 4.78 is 7.60. The third kappa shape index (κ3) is 4.70. The van der Waals surface area contributed by atoms with E-state index in [1.807, 2.05) is 18.0 Å². The molecule has 1 aliphatic carbocycles. The molecule has 2 aliphatic rings. The number of nitrogens with zero attached hydrogens (tertiary/aromatic N) is 5. The van der Waals surface area contributed by atoms with Crippen molar-refractivity contribution in [1.82, 2.24) is 19.7 Å². The van der Waals surface area contributed by atoms with Gasteiger partial charge in [0.15, 0.2) is 5.16 Å². The molecule has 3 aromatic rings. The highest BCUT2D eigenvalue weighted by molar-refractivity contribution is 7.99. The highest BCUT2D eigenvalue weighted by Gasteiger charge is 2.27. The highest BCUT2D eigenvalue weighted by atomic mass is 32.2. The number of hydrogen-bond acceptors (Lipinski definition) is 6. The first-order chi connectivity index (χ1) is 16.6. The molecule has 5 rings (SSSR count). The van der Waals surface area contributed by atoms with Crippen LogP contribution in [0, 0.1) is 6.92 Å². The Morgan fingerprint density at radius 3 is 2.79 bits per heavy atom. The van der Waals surface area contributed by atoms with E-state index < -0.39 is 0 Å². The van der Waals surface area contributed by atoms with Crippen LogP contribution in [0.25, 0.3) is 5.69 Å². The minimum Gasteiger partial charge on any atom is -0.378 e. The van der Waals surface area contributed by atoms with E-state index in [0.29, 0.717) is 19.0 Å². The van der Waals surface area contributed by atoms with Crippen LogP contribution >= 0.6 is 11.8 Å². The van der Waals surface area contributed by atoms with Gasteiger partial charge in [0.2, 0.25) is 11.9 Å². The van der Waals surface area contributed by atoms with Crippen LogP contribution in [0.3, 0.4) is 0 Å². The Bertz CT molecular complexity index is 1160. The molecule has 1 fully saturated rings. The van der Waals surface area contributed by atoms with Crippen LogP contribution < -0.4 is 4.90 Å². The average Bonchev–Trinajstić information content (AvgIpc) is 3.31. The lowest BCUT2D eigenvalue weighted by atomic mass is 9.87. The van der Waals surface area contributed by atoms with Gasteiger partial charge in [-0.05, 0) is 55.0 Å². The number of anilines is 1. The van der Waals surface area contributed by atoms with Gasteiger partial charge in [0.25, 0.3) is 0 Å². The van der Waals surface area contributed by atoms with Crippen molar-refractivity contribution in [2.45, 2.75) is 37.4 Å². The molecule has 7 nitrogen and oxygen atoms in total. The number of ether oxygens (including phenoxy) is 1. The van der Waals surface area contributed by atoms with Gasteiger partial charge in [-0.2, -0.15) is 0 Å². The predicted octanol–water partition coefficient (Wildman–Crippen LogP) is 4.04. The maximum absolute atomic E-state index is 13.3. The summed E-state index contributed by atoms with van der Waals surface area (Å²) >= 11 is 1.45. The van der Waals surface area contributed by atoms with Crippen LogP contribution in [0.15, 0.2) is 53.7 Å². The predicted molar refractivity (Wildman–Crippen MR) is 135 cm³/mol. The number of benzene rings is 2. The topological polar surface area (TPSA) is 63.5 Å². The molecule has 2 aromatic carbocycles. The molecule has 0 N–H and O–H groups in total. The number of amides is 1. The molecule has 1 atom stereocenters. The Labute approximate surface area is 205 Å². The molecular formula is C26H31N5O2S. The first-order valence-corrected chi connectivity index (χ1v) is 12.9. The molecule has 0 unspecified atom stereocenters. The molecule has 0 saturated carbocycles. The van der Waals surface area contributed by atoms with Gasteiger partial charge in [0, 0.05) is 20.1 Å². The van der Waals surface area contributed by atoms with Crippen molar-refractivity contribution in [3.05, 3.63) is 65.2 Å². The van der Waals surface area contributed by atoms with E-state index in [1.165, 1.54) is 28.5 Å². The number of aryl methyl sites for hydroxylation is 2. The maximum Gasteiger partial charge on any atom is 0.233 e. The molecule has 0 spiro atoms. The zero-order chi connectivity index (χ0) is 23.5. The summed E-state index contributed by atoms with van der Waals surface area (Å²) in [5.74, 6) is 1.24. The summed E-state index contributed by atoms with van der Waals surface area (Å²) in [6.45, 7) is 4.98. The quantitative estimate of drug-likeness (QED) is 0.500. The second-order valence-corrected chi connectivity index (χ2v) is 9.90. The van der Waals surface area contributed by atoms with Gasteiger partial charge in [-0.25, -0.2) is 0 Å². The lowest BCUT2D eigenvalue weighted by Crippen LogP contribution is -2.38. The van der Waals surface area contributed by atoms with Gasteiger partial charge in [0.1, 0.15) is 0 Å². The molecule has 2 heterocycles. The van der Waals surface area contributed by atoms with Crippen LogP contribution in [-0.4, -0.2) is 64.7 Å². The maximum atomic E-state index is 13.3. The van der Waals surface area contributed by atoms with Crippen LogP contribution in [0.2, 0.25) is 0 Å². The third-order valence-corrected chi connectivity index (χ3v) is 7.61. The highest BCUT2D eigenvalue weighted by Crippen LogP contribution is 2.34. The van der Waals surface area contributed by atoms with Crippen LogP contribution in [0.1, 0.15) is 35.6 Å². The normalized spacial score (nSPS) is 17.9. The SMILES string of the molecule is Cc1cccc(-n2c(SCC(=O)N(C)[C@H]3CCCc4ccccc43)nnc2N2CCOCC2)c1. The molecule has 8 heteroatoms. The van der Waals surface area contributed by atoms with E-state index in [0.717, 1.165) is 49.1 Å². The number of morpholine rings is 1. The number of rotatable bonds is 6. The number of hydrogen-bond donors (Lipinski definition) is 0. The van der Waals surface area contributed by atoms with Gasteiger partial charge in [-0.15, -0.1) is 10.2 Å². The van der Waals surface area contributed by atoms with Crippen LogP contribution in [0.4, 0.5) is 5.95 Å². The summed E-state index contributed by atoms with van der Waals surface area (Å²) in [5, 5.41) is 9.76.